The summed E-state index contributed by atoms with van der Waals surface area (Å²) >= 11 is 0. The van der Waals surface area contributed by atoms with Crippen LogP contribution in [0.25, 0.3) is 0 Å². The van der Waals surface area contributed by atoms with Crippen LogP contribution in [0, 0.1) is 12.8 Å². The summed E-state index contributed by atoms with van der Waals surface area (Å²) in [5.74, 6) is 3.67. The van der Waals surface area contributed by atoms with E-state index in [2.05, 4.69) is 24.0 Å². The number of aryl methyl sites for hydroxylation is 1. The van der Waals surface area contributed by atoms with Gasteiger partial charge in [-0.05, 0) is 19.3 Å². The lowest BCUT2D eigenvalue weighted by Gasteiger charge is -2.04. The highest BCUT2D eigenvalue weighted by Gasteiger charge is 2.09. The van der Waals surface area contributed by atoms with E-state index in [0.717, 1.165) is 30.2 Å². The molecule has 0 amide bonds. The van der Waals surface area contributed by atoms with Gasteiger partial charge in [0.05, 0.1) is 5.75 Å². The smallest absolute Gasteiger partial charge is 0.145 e. The van der Waals surface area contributed by atoms with Crippen LogP contribution in [-0.4, -0.2) is 24.7 Å². The number of hydrogen-bond donors (Lipinski definition) is 0. The maximum Gasteiger partial charge on any atom is 0.145 e. The van der Waals surface area contributed by atoms with E-state index >= 15 is 0 Å². The van der Waals surface area contributed by atoms with Crippen LogP contribution in [0.4, 0.5) is 0 Å². The maximum absolute atomic E-state index is 11.8. The molecule has 0 fully saturated rings. The van der Waals surface area contributed by atoms with E-state index < -0.39 is 10.8 Å². The number of rotatable bonds is 6. The summed E-state index contributed by atoms with van der Waals surface area (Å²) < 4.78 is 13.7. The molecule has 1 aromatic heterocycles. The predicted molar refractivity (Wildman–Crippen MR) is 66.5 cm³/mol. The van der Waals surface area contributed by atoms with Crippen LogP contribution in [-0.2, 0) is 23.6 Å². The molecule has 1 heterocycles. The van der Waals surface area contributed by atoms with Crippen molar-refractivity contribution < 1.29 is 4.21 Å². The van der Waals surface area contributed by atoms with Gasteiger partial charge in [0, 0.05) is 23.6 Å². The first-order chi connectivity index (χ1) is 7.50. The molecule has 0 spiro atoms. The summed E-state index contributed by atoms with van der Waals surface area (Å²) in [5.41, 5.74) is 0. The largest absolute Gasteiger partial charge is 0.318 e. The Bertz CT molecular complexity index is 360. The average molecular weight is 243 g/mol. The Balaban J connectivity index is 2.37. The molecule has 0 aromatic carbocycles. The predicted octanol–water partition coefficient (Wildman–Crippen LogP) is 1.81. The van der Waals surface area contributed by atoms with E-state index in [1.54, 1.807) is 0 Å². The molecular weight excluding hydrogens is 222 g/mol. The van der Waals surface area contributed by atoms with Crippen LogP contribution in [0.2, 0.25) is 0 Å². The van der Waals surface area contributed by atoms with Crippen molar-refractivity contribution >= 4 is 10.8 Å². The zero-order chi connectivity index (χ0) is 12.1. The van der Waals surface area contributed by atoms with Gasteiger partial charge in [0.15, 0.2) is 0 Å². The fourth-order valence-corrected chi connectivity index (χ4v) is 2.62. The molecule has 0 radical (unpaired) electrons. The lowest BCUT2D eigenvalue weighted by molar-refractivity contribution is 0.575. The topological polar surface area (TPSA) is 47.8 Å². The van der Waals surface area contributed by atoms with Crippen molar-refractivity contribution in [1.29, 1.82) is 0 Å². The molecule has 5 heteroatoms. The van der Waals surface area contributed by atoms with Crippen molar-refractivity contribution in [2.45, 2.75) is 39.4 Å². The molecule has 0 saturated carbocycles. The fraction of sp³-hybridized carbons (Fsp3) is 0.818. The summed E-state index contributed by atoms with van der Waals surface area (Å²) in [6.07, 6.45) is 2.17. The summed E-state index contributed by atoms with van der Waals surface area (Å²) in [7, 11) is 1.10. The molecule has 0 aliphatic carbocycles. The van der Waals surface area contributed by atoms with Gasteiger partial charge in [0.1, 0.15) is 11.6 Å². The molecule has 1 rings (SSSR count). The standard InChI is InChI=1S/C11H21N3OS/c1-9(2)6-5-7-16(15)8-11-13-12-10(3)14(11)4/h9H,5-8H2,1-4H3. The Kier molecular flexibility index (Phi) is 5.12. The quantitative estimate of drug-likeness (QED) is 0.765. The van der Waals surface area contributed by atoms with E-state index in [1.807, 2.05) is 18.5 Å². The van der Waals surface area contributed by atoms with E-state index in [-0.39, 0.29) is 0 Å². The monoisotopic (exact) mass is 243 g/mol. The van der Waals surface area contributed by atoms with Gasteiger partial charge in [0.25, 0.3) is 0 Å². The van der Waals surface area contributed by atoms with E-state index in [9.17, 15) is 4.21 Å². The van der Waals surface area contributed by atoms with Gasteiger partial charge in [-0.3, -0.25) is 4.21 Å². The van der Waals surface area contributed by atoms with Crippen molar-refractivity contribution in [2.24, 2.45) is 13.0 Å². The Labute approximate surface area is 99.9 Å². The van der Waals surface area contributed by atoms with Gasteiger partial charge in [-0.15, -0.1) is 10.2 Å². The second kappa shape index (κ2) is 6.13. The van der Waals surface area contributed by atoms with Crippen LogP contribution in [0.5, 0.6) is 0 Å². The van der Waals surface area contributed by atoms with Crippen LogP contribution in [0.3, 0.4) is 0 Å². The van der Waals surface area contributed by atoms with Crippen molar-refractivity contribution in [2.75, 3.05) is 5.75 Å². The first-order valence-electron chi connectivity index (χ1n) is 5.70. The van der Waals surface area contributed by atoms with Crippen LogP contribution >= 0.6 is 0 Å². The molecule has 0 bridgehead atoms. The molecule has 0 N–H and O–H groups in total. The number of hydrogen-bond acceptors (Lipinski definition) is 3. The molecule has 4 nitrogen and oxygen atoms in total. The van der Waals surface area contributed by atoms with Gasteiger partial charge in [-0.25, -0.2) is 0 Å². The molecule has 0 aliphatic rings. The van der Waals surface area contributed by atoms with Crippen LogP contribution in [0.1, 0.15) is 38.3 Å². The van der Waals surface area contributed by atoms with E-state index in [1.165, 1.54) is 0 Å². The third-order valence-electron chi connectivity index (χ3n) is 2.63. The fourth-order valence-electron chi connectivity index (χ4n) is 1.45. The van der Waals surface area contributed by atoms with Gasteiger partial charge < -0.3 is 4.57 Å². The Hall–Kier alpha value is -0.710. The number of aromatic nitrogens is 3. The van der Waals surface area contributed by atoms with Crippen molar-refractivity contribution in [3.05, 3.63) is 11.6 Å². The van der Waals surface area contributed by atoms with Gasteiger partial charge in [-0.2, -0.15) is 0 Å². The summed E-state index contributed by atoms with van der Waals surface area (Å²) in [4.78, 5) is 0. The van der Waals surface area contributed by atoms with Gasteiger partial charge >= 0.3 is 0 Å². The molecule has 1 atom stereocenters. The van der Waals surface area contributed by atoms with Crippen LogP contribution < -0.4 is 0 Å². The van der Waals surface area contributed by atoms with E-state index in [0.29, 0.717) is 11.7 Å². The minimum Gasteiger partial charge on any atom is -0.318 e. The summed E-state index contributed by atoms with van der Waals surface area (Å²) in [6.45, 7) is 6.28. The zero-order valence-electron chi connectivity index (χ0n) is 10.6. The Morgan fingerprint density at radius 3 is 2.56 bits per heavy atom. The maximum atomic E-state index is 11.8. The molecule has 1 unspecified atom stereocenters. The highest BCUT2D eigenvalue weighted by Crippen LogP contribution is 2.07. The lowest BCUT2D eigenvalue weighted by Crippen LogP contribution is -2.07. The molecule has 92 valence electrons. The summed E-state index contributed by atoms with van der Waals surface area (Å²) in [6, 6.07) is 0. The molecule has 1 aromatic rings. The first-order valence-corrected chi connectivity index (χ1v) is 7.19. The molecular formula is C11H21N3OS. The second-order valence-electron chi connectivity index (χ2n) is 4.55. The Morgan fingerprint density at radius 1 is 1.38 bits per heavy atom. The first kappa shape index (κ1) is 13.4. The normalized spacial score (nSPS) is 13.3. The molecule has 0 saturated heterocycles. The third-order valence-corrected chi connectivity index (χ3v) is 3.95. The second-order valence-corrected chi connectivity index (χ2v) is 6.12. The summed E-state index contributed by atoms with van der Waals surface area (Å²) in [5, 5.41) is 7.97. The molecule has 0 aliphatic heterocycles. The molecule has 16 heavy (non-hydrogen) atoms. The van der Waals surface area contributed by atoms with Crippen molar-refractivity contribution in [3.8, 4) is 0 Å². The van der Waals surface area contributed by atoms with E-state index in [4.69, 9.17) is 0 Å². The lowest BCUT2D eigenvalue weighted by atomic mass is 10.1. The minimum absolute atomic E-state index is 0.523. The van der Waals surface area contributed by atoms with Gasteiger partial charge in [0.2, 0.25) is 0 Å². The van der Waals surface area contributed by atoms with Crippen molar-refractivity contribution in [1.82, 2.24) is 14.8 Å². The van der Waals surface area contributed by atoms with Crippen LogP contribution in [0.15, 0.2) is 0 Å². The highest BCUT2D eigenvalue weighted by atomic mass is 32.2. The third kappa shape index (κ3) is 4.04. The zero-order valence-corrected chi connectivity index (χ0v) is 11.4. The SMILES string of the molecule is Cc1nnc(CS(=O)CCCC(C)C)n1C. The Morgan fingerprint density at radius 2 is 2.06 bits per heavy atom. The number of nitrogens with zero attached hydrogens (tertiary/aromatic N) is 3. The average Bonchev–Trinajstić information content (AvgIpc) is 2.49. The minimum atomic E-state index is -0.808. The van der Waals surface area contributed by atoms with Gasteiger partial charge in [-0.1, -0.05) is 20.3 Å². The van der Waals surface area contributed by atoms with Crippen molar-refractivity contribution in [3.63, 3.8) is 0 Å². The highest BCUT2D eigenvalue weighted by molar-refractivity contribution is 7.84.